The van der Waals surface area contributed by atoms with Gasteiger partial charge in [0.15, 0.2) is 0 Å². The van der Waals surface area contributed by atoms with Gasteiger partial charge in [0.1, 0.15) is 12.1 Å². The smallest absolute Gasteiger partial charge is 0.305 e. The minimum Gasteiger partial charge on any atom is -0.481 e. The zero-order valence-electron chi connectivity index (χ0n) is 13.4. The van der Waals surface area contributed by atoms with Gasteiger partial charge in [0.2, 0.25) is 5.88 Å². The Labute approximate surface area is 126 Å². The number of rotatable bonds is 7. The van der Waals surface area contributed by atoms with E-state index in [1.54, 1.807) is 0 Å². The second kappa shape index (κ2) is 7.24. The van der Waals surface area contributed by atoms with Crippen molar-refractivity contribution >= 4 is 11.8 Å². The molecule has 0 aromatic carbocycles. The quantitative estimate of drug-likeness (QED) is 0.804. The van der Waals surface area contributed by atoms with Gasteiger partial charge in [-0.15, -0.1) is 0 Å². The molecule has 6 heteroatoms. The number of carboxylic acids is 1. The number of nitrogens with zero attached hydrogens (tertiary/aromatic N) is 2. The van der Waals surface area contributed by atoms with Crippen molar-refractivity contribution in [1.29, 1.82) is 0 Å². The highest BCUT2D eigenvalue weighted by Crippen LogP contribution is 2.26. The molecule has 0 radical (unpaired) electrons. The van der Waals surface area contributed by atoms with E-state index in [9.17, 15) is 4.79 Å². The summed E-state index contributed by atoms with van der Waals surface area (Å²) in [6.07, 6.45) is 2.20. The summed E-state index contributed by atoms with van der Waals surface area (Å²) in [4.78, 5) is 19.3. The van der Waals surface area contributed by atoms with Crippen molar-refractivity contribution in [3.63, 3.8) is 0 Å². The molecule has 0 saturated heterocycles. The summed E-state index contributed by atoms with van der Waals surface area (Å²) in [7, 11) is 0. The molecule has 1 atom stereocenters. The number of carboxylic acid groups (broad SMARTS) is 1. The summed E-state index contributed by atoms with van der Waals surface area (Å²) in [6.45, 7) is 10.5. The van der Waals surface area contributed by atoms with Gasteiger partial charge in [-0.1, -0.05) is 20.8 Å². The second-order valence-electron chi connectivity index (χ2n) is 6.29. The molecule has 0 aliphatic carbocycles. The average molecular weight is 295 g/mol. The fourth-order valence-electron chi connectivity index (χ4n) is 2.18. The van der Waals surface area contributed by atoms with E-state index in [1.165, 1.54) is 6.33 Å². The molecule has 21 heavy (non-hydrogen) atoms. The minimum atomic E-state index is -0.825. The van der Waals surface area contributed by atoms with Gasteiger partial charge in [0.25, 0.3) is 0 Å². The molecule has 6 nitrogen and oxygen atoms in total. The monoisotopic (exact) mass is 295 g/mol. The molecule has 0 bridgehead atoms. The van der Waals surface area contributed by atoms with Crippen LogP contribution in [0.2, 0.25) is 0 Å². The molecule has 1 aromatic heterocycles. The van der Waals surface area contributed by atoms with Crippen molar-refractivity contribution in [1.82, 2.24) is 9.97 Å². The van der Waals surface area contributed by atoms with Gasteiger partial charge in [-0.05, 0) is 25.7 Å². The molecule has 0 spiro atoms. The van der Waals surface area contributed by atoms with Crippen LogP contribution in [0.4, 0.5) is 5.82 Å². The fraction of sp³-hybridized carbons (Fsp3) is 0.667. The third kappa shape index (κ3) is 5.97. The van der Waals surface area contributed by atoms with Crippen molar-refractivity contribution in [3.05, 3.63) is 11.9 Å². The van der Waals surface area contributed by atoms with Crippen LogP contribution in [0.1, 0.15) is 46.1 Å². The topological polar surface area (TPSA) is 84.3 Å². The van der Waals surface area contributed by atoms with Gasteiger partial charge >= 0.3 is 5.97 Å². The first-order valence-electron chi connectivity index (χ1n) is 7.15. The molecule has 118 valence electrons. The first kappa shape index (κ1) is 17.2. The summed E-state index contributed by atoms with van der Waals surface area (Å²) in [6, 6.07) is -0.189. The van der Waals surface area contributed by atoms with Crippen molar-refractivity contribution in [3.8, 4) is 5.88 Å². The minimum absolute atomic E-state index is 0.0246. The standard InChI is InChI=1S/C15H25N3O3/c1-6-21-14-10(2)13(16-9-17-14)18-11(7-12(19)20)8-15(3,4)5/h9,11H,6-8H2,1-5H3,(H,19,20)(H,16,17,18). The molecular formula is C15H25N3O3. The lowest BCUT2D eigenvalue weighted by Crippen LogP contribution is -2.29. The maximum Gasteiger partial charge on any atom is 0.305 e. The van der Waals surface area contributed by atoms with Gasteiger partial charge in [0, 0.05) is 6.04 Å². The second-order valence-corrected chi connectivity index (χ2v) is 6.29. The van der Waals surface area contributed by atoms with Crippen molar-refractivity contribution in [2.24, 2.45) is 5.41 Å². The Bertz CT molecular complexity index is 484. The highest BCUT2D eigenvalue weighted by Gasteiger charge is 2.22. The maximum atomic E-state index is 11.0. The lowest BCUT2D eigenvalue weighted by atomic mass is 9.87. The highest BCUT2D eigenvalue weighted by atomic mass is 16.5. The summed E-state index contributed by atoms with van der Waals surface area (Å²) in [5.41, 5.74) is 0.820. The molecule has 0 amide bonds. The maximum absolute atomic E-state index is 11.0. The Morgan fingerprint density at radius 3 is 2.62 bits per heavy atom. The lowest BCUT2D eigenvalue weighted by Gasteiger charge is -2.26. The van der Waals surface area contributed by atoms with Crippen molar-refractivity contribution in [2.75, 3.05) is 11.9 Å². The van der Waals surface area contributed by atoms with E-state index >= 15 is 0 Å². The molecule has 0 fully saturated rings. The number of hydrogen-bond acceptors (Lipinski definition) is 5. The van der Waals surface area contributed by atoms with Crippen LogP contribution in [-0.2, 0) is 4.79 Å². The van der Waals surface area contributed by atoms with Gasteiger partial charge in [0.05, 0.1) is 18.6 Å². The van der Waals surface area contributed by atoms with E-state index in [4.69, 9.17) is 9.84 Å². The largest absolute Gasteiger partial charge is 0.481 e. The number of aliphatic carboxylic acids is 1. The van der Waals surface area contributed by atoms with Gasteiger partial charge in [-0.2, -0.15) is 0 Å². The van der Waals surface area contributed by atoms with Crippen LogP contribution >= 0.6 is 0 Å². The van der Waals surface area contributed by atoms with Crippen LogP contribution in [0, 0.1) is 12.3 Å². The number of ether oxygens (including phenoxy) is 1. The Morgan fingerprint density at radius 1 is 1.43 bits per heavy atom. The number of nitrogens with one attached hydrogen (secondary N) is 1. The van der Waals surface area contributed by atoms with Crippen LogP contribution < -0.4 is 10.1 Å². The van der Waals surface area contributed by atoms with E-state index in [1.807, 2.05) is 13.8 Å². The van der Waals surface area contributed by atoms with E-state index in [0.29, 0.717) is 18.3 Å². The predicted octanol–water partition coefficient (Wildman–Crippen LogP) is 2.88. The molecule has 0 aliphatic rings. The molecule has 0 saturated carbocycles. The highest BCUT2D eigenvalue weighted by molar-refractivity contribution is 5.68. The Kier molecular flexibility index (Phi) is 5.93. The number of hydrogen-bond donors (Lipinski definition) is 2. The Morgan fingerprint density at radius 2 is 2.10 bits per heavy atom. The van der Waals surface area contributed by atoms with Gasteiger partial charge in [-0.25, -0.2) is 9.97 Å². The third-order valence-electron chi connectivity index (χ3n) is 2.94. The fourth-order valence-corrected chi connectivity index (χ4v) is 2.18. The first-order chi connectivity index (χ1) is 9.73. The average Bonchev–Trinajstić information content (AvgIpc) is 2.31. The molecular weight excluding hydrogens is 270 g/mol. The molecule has 1 aromatic rings. The third-order valence-corrected chi connectivity index (χ3v) is 2.94. The van der Waals surface area contributed by atoms with Crippen molar-refractivity contribution < 1.29 is 14.6 Å². The van der Waals surface area contributed by atoms with E-state index in [-0.39, 0.29) is 17.9 Å². The molecule has 1 unspecified atom stereocenters. The van der Waals surface area contributed by atoms with Gasteiger partial charge in [-0.3, -0.25) is 4.79 Å². The summed E-state index contributed by atoms with van der Waals surface area (Å²) >= 11 is 0. The van der Waals surface area contributed by atoms with Crippen molar-refractivity contribution in [2.45, 2.75) is 53.5 Å². The zero-order chi connectivity index (χ0) is 16.0. The van der Waals surface area contributed by atoms with Crippen LogP contribution in [0.15, 0.2) is 6.33 Å². The first-order valence-corrected chi connectivity index (χ1v) is 7.15. The predicted molar refractivity (Wildman–Crippen MR) is 81.7 cm³/mol. The Hall–Kier alpha value is -1.85. The number of anilines is 1. The number of aromatic nitrogens is 2. The Balaban J connectivity index is 2.92. The molecule has 1 rings (SSSR count). The molecule has 2 N–H and O–H groups in total. The van der Waals surface area contributed by atoms with Gasteiger partial charge < -0.3 is 15.2 Å². The van der Waals surface area contributed by atoms with E-state index in [2.05, 4.69) is 36.1 Å². The zero-order valence-corrected chi connectivity index (χ0v) is 13.4. The van der Waals surface area contributed by atoms with Crippen LogP contribution in [0.3, 0.4) is 0 Å². The van der Waals surface area contributed by atoms with Crippen LogP contribution in [0.5, 0.6) is 5.88 Å². The van der Waals surface area contributed by atoms with E-state index < -0.39 is 5.97 Å². The summed E-state index contributed by atoms with van der Waals surface area (Å²) < 4.78 is 5.43. The van der Waals surface area contributed by atoms with Crippen LogP contribution in [0.25, 0.3) is 0 Å². The SMILES string of the molecule is CCOc1ncnc(NC(CC(=O)O)CC(C)(C)C)c1C. The summed E-state index contributed by atoms with van der Waals surface area (Å²) in [5.74, 6) is 0.331. The normalized spacial score (nSPS) is 12.8. The lowest BCUT2D eigenvalue weighted by molar-refractivity contribution is -0.137. The summed E-state index contributed by atoms with van der Waals surface area (Å²) in [5, 5.41) is 12.3. The molecule has 0 aliphatic heterocycles. The van der Waals surface area contributed by atoms with E-state index in [0.717, 1.165) is 12.0 Å². The molecule has 1 heterocycles. The van der Waals surface area contributed by atoms with Crippen LogP contribution in [-0.4, -0.2) is 33.7 Å². The number of carbonyl (C=O) groups is 1.